The van der Waals surface area contributed by atoms with E-state index in [0.29, 0.717) is 24.0 Å². The largest absolute Gasteiger partial charge is 0.498 e. The van der Waals surface area contributed by atoms with Crippen LogP contribution < -0.4 is 4.74 Å². The summed E-state index contributed by atoms with van der Waals surface area (Å²) in [7, 11) is 0. The van der Waals surface area contributed by atoms with E-state index in [1.165, 1.54) is 38.5 Å². The molecule has 2 nitrogen and oxygen atoms in total. The molecule has 0 N–H and O–H groups in total. The molecule has 32 heavy (non-hydrogen) atoms. The van der Waals surface area contributed by atoms with Crippen molar-refractivity contribution in [2.75, 3.05) is 13.2 Å². The van der Waals surface area contributed by atoms with Gasteiger partial charge in [-0.05, 0) is 93.2 Å². The lowest BCUT2D eigenvalue weighted by Crippen LogP contribution is -2.28. The Bertz CT molecular complexity index is 774. The zero-order chi connectivity index (χ0) is 22.5. The second kappa shape index (κ2) is 11.0. The van der Waals surface area contributed by atoms with E-state index >= 15 is 0 Å². The third-order valence-electron chi connectivity index (χ3n) is 8.29. The number of ether oxygens (including phenoxy) is 2. The molecule has 1 aromatic rings. The fraction of sp³-hybridized carbons (Fsp3) is 0.714. The van der Waals surface area contributed by atoms with Crippen molar-refractivity contribution in [2.45, 2.75) is 90.4 Å². The molecule has 2 aliphatic carbocycles. The van der Waals surface area contributed by atoms with Gasteiger partial charge < -0.3 is 9.47 Å². The highest BCUT2D eigenvalue weighted by atomic mass is 19.2. The van der Waals surface area contributed by atoms with Gasteiger partial charge in [0.05, 0.1) is 19.0 Å². The van der Waals surface area contributed by atoms with Gasteiger partial charge in [-0.15, -0.1) is 0 Å². The molecule has 1 aliphatic heterocycles. The van der Waals surface area contributed by atoms with Crippen molar-refractivity contribution in [3.8, 4) is 5.75 Å². The first-order valence-corrected chi connectivity index (χ1v) is 13.0. The lowest BCUT2D eigenvalue weighted by atomic mass is 9.73. The molecule has 3 aliphatic rings. The Kier molecular flexibility index (Phi) is 8.12. The minimum atomic E-state index is -0.848. The molecule has 0 bridgehead atoms. The van der Waals surface area contributed by atoms with Gasteiger partial charge in [-0.2, -0.15) is 4.39 Å². The molecular formula is C28H40F2O2. The van der Waals surface area contributed by atoms with E-state index in [2.05, 4.69) is 13.0 Å². The predicted octanol–water partition coefficient (Wildman–Crippen LogP) is 8.16. The summed E-state index contributed by atoms with van der Waals surface area (Å²) in [5, 5.41) is 0. The molecule has 0 radical (unpaired) electrons. The van der Waals surface area contributed by atoms with Crippen molar-refractivity contribution < 1.29 is 18.3 Å². The lowest BCUT2D eigenvalue weighted by Gasteiger charge is -2.37. The van der Waals surface area contributed by atoms with Crippen molar-refractivity contribution >= 4 is 0 Å². The first kappa shape index (κ1) is 23.6. The average Bonchev–Trinajstić information content (AvgIpc) is 2.83. The molecule has 1 unspecified atom stereocenters. The molecule has 2 fully saturated rings. The smallest absolute Gasteiger partial charge is 0.200 e. The van der Waals surface area contributed by atoms with Crippen LogP contribution in [0.25, 0.3) is 0 Å². The van der Waals surface area contributed by atoms with Crippen LogP contribution in [0.15, 0.2) is 24.0 Å². The van der Waals surface area contributed by atoms with Crippen LogP contribution in [0.2, 0.25) is 0 Å². The Morgan fingerprint density at radius 2 is 1.59 bits per heavy atom. The van der Waals surface area contributed by atoms with E-state index < -0.39 is 11.6 Å². The highest BCUT2D eigenvalue weighted by Gasteiger charge is 2.33. The fourth-order valence-electron chi connectivity index (χ4n) is 6.39. The van der Waals surface area contributed by atoms with E-state index in [4.69, 9.17) is 9.47 Å². The van der Waals surface area contributed by atoms with E-state index in [1.54, 1.807) is 19.1 Å². The molecule has 1 aromatic carbocycles. The van der Waals surface area contributed by atoms with Gasteiger partial charge in [0.1, 0.15) is 0 Å². The number of hydrogen-bond acceptors (Lipinski definition) is 2. The van der Waals surface area contributed by atoms with Crippen LogP contribution in [0, 0.1) is 35.3 Å². The zero-order valence-corrected chi connectivity index (χ0v) is 19.9. The lowest BCUT2D eigenvalue weighted by molar-refractivity contribution is 0.0660. The molecule has 1 atom stereocenters. The minimum Gasteiger partial charge on any atom is -0.498 e. The maximum atomic E-state index is 14.6. The molecule has 4 rings (SSSR count). The Labute approximate surface area is 192 Å². The van der Waals surface area contributed by atoms with Crippen LogP contribution in [0.3, 0.4) is 0 Å². The van der Waals surface area contributed by atoms with Crippen LogP contribution >= 0.6 is 0 Å². The first-order chi connectivity index (χ1) is 15.6. The number of halogens is 2. The minimum absolute atomic E-state index is 0.0107. The van der Waals surface area contributed by atoms with Gasteiger partial charge in [0.15, 0.2) is 11.6 Å². The Balaban J connectivity index is 1.28. The SMILES string of the molecule is CCCC1CCC(C2CC=C(C3CCC(c4ccc(OCC)c(F)c4F)CC3)OC2)CC1. The maximum Gasteiger partial charge on any atom is 0.200 e. The summed E-state index contributed by atoms with van der Waals surface area (Å²) in [6.07, 6.45) is 15.5. The van der Waals surface area contributed by atoms with Gasteiger partial charge in [-0.1, -0.05) is 38.7 Å². The van der Waals surface area contributed by atoms with Gasteiger partial charge in [-0.3, -0.25) is 0 Å². The van der Waals surface area contributed by atoms with E-state index in [-0.39, 0.29) is 11.7 Å². The topological polar surface area (TPSA) is 18.5 Å². The van der Waals surface area contributed by atoms with E-state index in [0.717, 1.165) is 56.3 Å². The summed E-state index contributed by atoms with van der Waals surface area (Å²) in [6, 6.07) is 3.29. The van der Waals surface area contributed by atoms with Crippen LogP contribution in [-0.4, -0.2) is 13.2 Å². The number of allylic oxidation sites excluding steroid dienone is 2. The molecular weight excluding hydrogens is 406 g/mol. The number of benzene rings is 1. The molecule has 0 saturated heterocycles. The van der Waals surface area contributed by atoms with Gasteiger partial charge >= 0.3 is 0 Å². The van der Waals surface area contributed by atoms with E-state index in [1.807, 2.05) is 0 Å². The quantitative estimate of drug-likeness (QED) is 0.420. The van der Waals surface area contributed by atoms with Crippen molar-refractivity contribution in [2.24, 2.45) is 23.7 Å². The highest BCUT2D eigenvalue weighted by molar-refractivity contribution is 5.33. The molecule has 2 saturated carbocycles. The van der Waals surface area contributed by atoms with Crippen LogP contribution in [-0.2, 0) is 4.74 Å². The summed E-state index contributed by atoms with van der Waals surface area (Å²) in [5.74, 6) is 2.57. The Morgan fingerprint density at radius 3 is 2.22 bits per heavy atom. The Hall–Kier alpha value is -1.58. The monoisotopic (exact) mass is 446 g/mol. The van der Waals surface area contributed by atoms with Crippen molar-refractivity contribution in [3.05, 3.63) is 41.2 Å². The second-order valence-electron chi connectivity index (χ2n) is 10.2. The van der Waals surface area contributed by atoms with Gasteiger partial charge in [0.25, 0.3) is 0 Å². The van der Waals surface area contributed by atoms with Crippen molar-refractivity contribution in [3.63, 3.8) is 0 Å². The molecule has 0 amide bonds. The van der Waals surface area contributed by atoms with Crippen LogP contribution in [0.5, 0.6) is 5.75 Å². The second-order valence-corrected chi connectivity index (χ2v) is 10.2. The fourth-order valence-corrected chi connectivity index (χ4v) is 6.39. The summed E-state index contributed by atoms with van der Waals surface area (Å²) in [5.41, 5.74) is 0.502. The summed E-state index contributed by atoms with van der Waals surface area (Å²) >= 11 is 0. The number of rotatable bonds is 7. The zero-order valence-electron chi connectivity index (χ0n) is 19.9. The third kappa shape index (κ3) is 5.31. The maximum absolute atomic E-state index is 14.6. The highest BCUT2D eigenvalue weighted by Crippen LogP contribution is 2.43. The molecule has 4 heteroatoms. The summed E-state index contributed by atoms with van der Waals surface area (Å²) < 4.78 is 40.4. The van der Waals surface area contributed by atoms with Gasteiger partial charge in [-0.25, -0.2) is 4.39 Å². The van der Waals surface area contributed by atoms with Crippen LogP contribution in [0.4, 0.5) is 8.78 Å². The third-order valence-corrected chi connectivity index (χ3v) is 8.29. The first-order valence-electron chi connectivity index (χ1n) is 13.0. The molecule has 0 spiro atoms. The summed E-state index contributed by atoms with van der Waals surface area (Å²) in [4.78, 5) is 0. The summed E-state index contributed by atoms with van der Waals surface area (Å²) in [6.45, 7) is 5.27. The normalized spacial score (nSPS) is 31.0. The van der Waals surface area contributed by atoms with Crippen molar-refractivity contribution in [1.82, 2.24) is 0 Å². The number of hydrogen-bond donors (Lipinski definition) is 0. The van der Waals surface area contributed by atoms with Gasteiger partial charge in [0.2, 0.25) is 5.82 Å². The predicted molar refractivity (Wildman–Crippen MR) is 125 cm³/mol. The van der Waals surface area contributed by atoms with Crippen molar-refractivity contribution in [1.29, 1.82) is 0 Å². The molecule has 0 aromatic heterocycles. The van der Waals surface area contributed by atoms with Crippen LogP contribution in [0.1, 0.15) is 96.0 Å². The average molecular weight is 447 g/mol. The van der Waals surface area contributed by atoms with Gasteiger partial charge in [0, 0.05) is 5.92 Å². The standard InChI is InChI=1S/C28H40F2O2/c1-3-5-19-6-8-20(9-7-19)23-14-16-25(32-18-23)22-12-10-21(11-13-22)24-15-17-26(31-4-2)28(30)27(24)29/h15-17,19-23H,3-14,18H2,1-2H3. The Morgan fingerprint density at radius 1 is 0.875 bits per heavy atom. The van der Waals surface area contributed by atoms with E-state index in [9.17, 15) is 8.78 Å². The molecule has 1 heterocycles. The molecule has 178 valence electrons.